The first-order valence-electron chi connectivity index (χ1n) is 7.96. The van der Waals surface area contributed by atoms with E-state index in [0.29, 0.717) is 5.75 Å². The molecule has 0 amide bonds. The minimum Gasteiger partial charge on any atom is -0.508 e. The number of benzene rings is 1. The molecular formula is C17H28N2O. The maximum atomic E-state index is 10.3. The normalized spacial score (nSPS) is 20.9. The average molecular weight is 276 g/mol. The van der Waals surface area contributed by atoms with Crippen LogP contribution >= 0.6 is 0 Å². The number of aromatic hydroxyl groups is 1. The summed E-state index contributed by atoms with van der Waals surface area (Å²) < 4.78 is 0. The molecule has 3 nitrogen and oxygen atoms in total. The lowest BCUT2D eigenvalue weighted by molar-refractivity contribution is 0.403. The molecule has 1 aromatic rings. The zero-order valence-electron chi connectivity index (χ0n) is 13.0. The van der Waals surface area contributed by atoms with E-state index in [-0.39, 0.29) is 6.04 Å². The van der Waals surface area contributed by atoms with Crippen molar-refractivity contribution in [2.24, 2.45) is 5.92 Å². The zero-order valence-corrected chi connectivity index (χ0v) is 13.0. The third-order valence-electron chi connectivity index (χ3n) is 4.45. The number of hydrogen-bond acceptors (Lipinski definition) is 3. The summed E-state index contributed by atoms with van der Waals surface area (Å²) >= 11 is 0. The molecule has 2 atom stereocenters. The van der Waals surface area contributed by atoms with Crippen LogP contribution in [0.4, 0.5) is 5.69 Å². The molecule has 1 aromatic carbocycles. The molecule has 2 rings (SSSR count). The Morgan fingerprint density at radius 2 is 2.20 bits per heavy atom. The Bertz CT molecular complexity index is 433. The first-order valence-corrected chi connectivity index (χ1v) is 7.96. The van der Waals surface area contributed by atoms with Crippen molar-refractivity contribution in [2.75, 3.05) is 24.5 Å². The summed E-state index contributed by atoms with van der Waals surface area (Å²) in [4.78, 5) is 2.42. The zero-order chi connectivity index (χ0) is 14.5. The fourth-order valence-corrected chi connectivity index (χ4v) is 3.14. The van der Waals surface area contributed by atoms with Crippen molar-refractivity contribution < 1.29 is 5.11 Å². The van der Waals surface area contributed by atoms with Gasteiger partial charge in [-0.1, -0.05) is 26.3 Å². The summed E-state index contributed by atoms with van der Waals surface area (Å²) in [6.45, 7) is 9.59. The van der Waals surface area contributed by atoms with Crippen LogP contribution in [0.3, 0.4) is 0 Å². The minimum absolute atomic E-state index is 0.193. The van der Waals surface area contributed by atoms with Gasteiger partial charge in [-0.3, -0.25) is 0 Å². The summed E-state index contributed by atoms with van der Waals surface area (Å²) in [5.74, 6) is 1.21. The lowest BCUT2D eigenvalue weighted by Gasteiger charge is -2.34. The number of anilines is 1. The van der Waals surface area contributed by atoms with E-state index in [4.69, 9.17) is 0 Å². The lowest BCUT2D eigenvalue weighted by Crippen LogP contribution is -2.35. The third-order valence-corrected chi connectivity index (χ3v) is 4.45. The Kier molecular flexibility index (Phi) is 5.30. The number of rotatable bonds is 5. The molecule has 0 saturated carbocycles. The van der Waals surface area contributed by atoms with Crippen LogP contribution in [-0.4, -0.2) is 24.7 Å². The van der Waals surface area contributed by atoms with E-state index in [1.54, 1.807) is 0 Å². The van der Waals surface area contributed by atoms with Crippen LogP contribution in [0, 0.1) is 5.92 Å². The van der Waals surface area contributed by atoms with Crippen LogP contribution in [0.15, 0.2) is 18.2 Å². The van der Waals surface area contributed by atoms with Crippen molar-refractivity contribution in [2.45, 2.75) is 46.1 Å². The highest BCUT2D eigenvalue weighted by molar-refractivity contribution is 5.54. The summed E-state index contributed by atoms with van der Waals surface area (Å²) in [5.41, 5.74) is 2.15. The summed E-state index contributed by atoms with van der Waals surface area (Å²) in [6, 6.07) is 6.34. The monoisotopic (exact) mass is 276 g/mol. The van der Waals surface area contributed by atoms with E-state index in [2.05, 4.69) is 43.1 Å². The van der Waals surface area contributed by atoms with Crippen molar-refractivity contribution in [3.05, 3.63) is 23.8 Å². The van der Waals surface area contributed by atoms with Crippen molar-refractivity contribution in [1.82, 2.24) is 5.32 Å². The van der Waals surface area contributed by atoms with Gasteiger partial charge in [0.15, 0.2) is 0 Å². The maximum Gasteiger partial charge on any atom is 0.122 e. The Balaban J connectivity index is 2.12. The number of piperidine rings is 1. The topological polar surface area (TPSA) is 35.5 Å². The summed E-state index contributed by atoms with van der Waals surface area (Å²) in [5, 5.41) is 13.6. The highest BCUT2D eigenvalue weighted by Crippen LogP contribution is 2.31. The van der Waals surface area contributed by atoms with Crippen molar-refractivity contribution in [3.8, 4) is 5.75 Å². The Labute approximate surface area is 123 Å². The van der Waals surface area contributed by atoms with Gasteiger partial charge in [-0.05, 0) is 38.3 Å². The smallest absolute Gasteiger partial charge is 0.122 e. The maximum absolute atomic E-state index is 10.3. The number of phenolic OH excluding ortho intramolecular Hbond substituents is 1. The molecule has 1 saturated heterocycles. The molecule has 2 unspecified atom stereocenters. The molecule has 1 aliphatic rings. The Morgan fingerprint density at radius 3 is 2.85 bits per heavy atom. The fourth-order valence-electron chi connectivity index (χ4n) is 3.14. The molecule has 0 spiro atoms. The number of nitrogens with one attached hydrogen (secondary N) is 1. The van der Waals surface area contributed by atoms with E-state index >= 15 is 0 Å². The molecule has 3 heteroatoms. The van der Waals surface area contributed by atoms with Crippen molar-refractivity contribution in [1.29, 1.82) is 0 Å². The molecule has 1 aliphatic heterocycles. The van der Waals surface area contributed by atoms with Crippen LogP contribution in [0.2, 0.25) is 0 Å². The van der Waals surface area contributed by atoms with Crippen LogP contribution in [0.1, 0.15) is 51.6 Å². The van der Waals surface area contributed by atoms with E-state index in [9.17, 15) is 5.11 Å². The van der Waals surface area contributed by atoms with Crippen molar-refractivity contribution >= 4 is 5.69 Å². The molecule has 0 aliphatic carbocycles. The molecule has 0 aromatic heterocycles. The predicted octanol–water partition coefficient (Wildman–Crippen LogP) is 3.69. The largest absolute Gasteiger partial charge is 0.508 e. The predicted molar refractivity (Wildman–Crippen MR) is 85.4 cm³/mol. The van der Waals surface area contributed by atoms with Gasteiger partial charge < -0.3 is 15.3 Å². The number of hydrogen-bond donors (Lipinski definition) is 2. The molecule has 0 radical (unpaired) electrons. The van der Waals surface area contributed by atoms with Gasteiger partial charge >= 0.3 is 0 Å². The second-order valence-corrected chi connectivity index (χ2v) is 5.89. The average Bonchev–Trinajstić information content (AvgIpc) is 2.47. The Morgan fingerprint density at radius 1 is 1.40 bits per heavy atom. The molecule has 20 heavy (non-hydrogen) atoms. The third kappa shape index (κ3) is 3.45. The first-order chi connectivity index (χ1) is 9.65. The van der Waals surface area contributed by atoms with Gasteiger partial charge in [0.05, 0.1) is 0 Å². The standard InChI is InChI=1S/C17H28N2O/c1-4-14-7-6-10-19(12-14)15-8-9-16(17(20)11-15)13(3)18-5-2/h8-9,11,13-14,18,20H,4-7,10,12H2,1-3H3. The SMILES string of the molecule is CCNC(C)c1ccc(N2CCCC(CC)C2)cc1O. The number of nitrogens with zero attached hydrogens (tertiary/aromatic N) is 1. The molecule has 1 heterocycles. The molecule has 2 N–H and O–H groups in total. The van der Waals surface area contributed by atoms with E-state index in [1.807, 2.05) is 6.07 Å². The first kappa shape index (κ1) is 15.2. The van der Waals surface area contributed by atoms with Crippen LogP contribution in [-0.2, 0) is 0 Å². The van der Waals surface area contributed by atoms with Gasteiger partial charge in [-0.25, -0.2) is 0 Å². The molecule has 112 valence electrons. The summed E-state index contributed by atoms with van der Waals surface area (Å²) in [6.07, 6.45) is 3.85. The van der Waals surface area contributed by atoms with Gasteiger partial charge in [0.2, 0.25) is 0 Å². The van der Waals surface area contributed by atoms with E-state index in [1.165, 1.54) is 19.3 Å². The quantitative estimate of drug-likeness (QED) is 0.861. The number of phenols is 1. The lowest BCUT2D eigenvalue weighted by atomic mass is 9.95. The van der Waals surface area contributed by atoms with E-state index < -0.39 is 0 Å². The Hall–Kier alpha value is -1.22. The van der Waals surface area contributed by atoms with Crippen LogP contribution in [0.5, 0.6) is 5.75 Å². The van der Waals surface area contributed by atoms with Gasteiger partial charge in [0, 0.05) is 36.4 Å². The fraction of sp³-hybridized carbons (Fsp3) is 0.647. The highest BCUT2D eigenvalue weighted by atomic mass is 16.3. The minimum atomic E-state index is 0.193. The van der Waals surface area contributed by atoms with E-state index in [0.717, 1.165) is 36.8 Å². The van der Waals surface area contributed by atoms with Gasteiger partial charge in [0.1, 0.15) is 5.75 Å². The van der Waals surface area contributed by atoms with Crippen LogP contribution < -0.4 is 10.2 Å². The van der Waals surface area contributed by atoms with Crippen molar-refractivity contribution in [3.63, 3.8) is 0 Å². The van der Waals surface area contributed by atoms with Crippen LogP contribution in [0.25, 0.3) is 0 Å². The molecular weight excluding hydrogens is 248 g/mol. The molecule has 1 fully saturated rings. The second-order valence-electron chi connectivity index (χ2n) is 5.89. The van der Waals surface area contributed by atoms with Gasteiger partial charge in [0.25, 0.3) is 0 Å². The van der Waals surface area contributed by atoms with Gasteiger partial charge in [-0.15, -0.1) is 0 Å². The molecule has 0 bridgehead atoms. The second kappa shape index (κ2) is 6.98. The highest BCUT2D eigenvalue weighted by Gasteiger charge is 2.20. The van der Waals surface area contributed by atoms with Gasteiger partial charge in [-0.2, -0.15) is 0 Å². The summed E-state index contributed by atoms with van der Waals surface area (Å²) in [7, 11) is 0.